The summed E-state index contributed by atoms with van der Waals surface area (Å²) in [4.78, 5) is 18.4. The second kappa shape index (κ2) is 12.8. The number of aliphatic imine (C=N–C) groups is 1. The van der Waals surface area contributed by atoms with E-state index in [4.69, 9.17) is 9.32 Å². The Labute approximate surface area is 205 Å². The van der Waals surface area contributed by atoms with Gasteiger partial charge in [-0.15, -0.1) is 9.32 Å². The summed E-state index contributed by atoms with van der Waals surface area (Å²) in [5, 5.41) is 1.33. The maximum Gasteiger partial charge on any atom is 0.282 e. The lowest BCUT2D eigenvalue weighted by molar-refractivity contribution is -0.340. The topological polar surface area (TPSA) is 99.0 Å². The van der Waals surface area contributed by atoms with Crippen LogP contribution >= 0.6 is 12.0 Å². The van der Waals surface area contributed by atoms with Crippen LogP contribution in [-0.2, 0) is 34.5 Å². The molecule has 0 saturated carbocycles. The fraction of sp³-hybridized carbons (Fsp3) is 0.304. The molecule has 0 unspecified atom stereocenters. The van der Waals surface area contributed by atoms with E-state index in [0.717, 1.165) is 24.0 Å². The van der Waals surface area contributed by atoms with E-state index >= 15 is 0 Å². The van der Waals surface area contributed by atoms with Crippen LogP contribution in [-0.4, -0.2) is 47.3 Å². The number of hydrogen-bond donors (Lipinski definition) is 0. The predicted molar refractivity (Wildman–Crippen MR) is 134 cm³/mol. The minimum Gasteiger partial charge on any atom is -0.325 e. The van der Waals surface area contributed by atoms with Crippen molar-refractivity contribution in [2.45, 2.75) is 36.0 Å². The molecule has 0 saturated heterocycles. The van der Waals surface area contributed by atoms with Crippen molar-refractivity contribution >= 4 is 46.4 Å². The molecule has 2 rings (SSSR count). The van der Waals surface area contributed by atoms with Gasteiger partial charge in [-0.2, -0.15) is 22.8 Å². The van der Waals surface area contributed by atoms with E-state index in [1.165, 1.54) is 42.2 Å². The molecule has 0 fully saturated rings. The van der Waals surface area contributed by atoms with Crippen molar-refractivity contribution in [1.29, 1.82) is 0 Å². The SMILES string of the molecule is COO/C=N/c1ccc(S(=O)(=O)N=CC=Cc2ccc(C(C)(C)C)cc2)cc1SOON(C)C. The van der Waals surface area contributed by atoms with Gasteiger partial charge in [0, 0.05) is 20.3 Å². The van der Waals surface area contributed by atoms with Gasteiger partial charge >= 0.3 is 0 Å². The first-order chi connectivity index (χ1) is 16.0. The van der Waals surface area contributed by atoms with Crippen LogP contribution in [0.4, 0.5) is 5.69 Å². The van der Waals surface area contributed by atoms with Crippen LogP contribution in [0.5, 0.6) is 0 Å². The average molecular weight is 508 g/mol. The molecule has 0 bridgehead atoms. The van der Waals surface area contributed by atoms with E-state index in [0.29, 0.717) is 10.6 Å². The minimum atomic E-state index is -3.96. The Balaban J connectivity index is 2.18. The van der Waals surface area contributed by atoms with Crippen LogP contribution in [0.1, 0.15) is 31.9 Å². The molecule has 0 aliphatic rings. The van der Waals surface area contributed by atoms with Gasteiger partial charge in [0.2, 0.25) is 6.40 Å². The average Bonchev–Trinajstić information content (AvgIpc) is 2.77. The summed E-state index contributed by atoms with van der Waals surface area (Å²) in [6.45, 7) is 6.44. The van der Waals surface area contributed by atoms with E-state index < -0.39 is 10.0 Å². The van der Waals surface area contributed by atoms with E-state index in [1.54, 1.807) is 26.2 Å². The van der Waals surface area contributed by atoms with Crippen LogP contribution < -0.4 is 0 Å². The van der Waals surface area contributed by atoms with Crippen LogP contribution in [0.25, 0.3) is 6.08 Å². The van der Waals surface area contributed by atoms with Gasteiger partial charge < -0.3 is 4.89 Å². The summed E-state index contributed by atoms with van der Waals surface area (Å²) in [5.74, 6) is 0. The molecule has 0 atom stereocenters. The van der Waals surface area contributed by atoms with Gasteiger partial charge in [0.1, 0.15) is 0 Å². The first-order valence-corrected chi connectivity index (χ1v) is 12.3. The summed E-state index contributed by atoms with van der Waals surface area (Å²) in [5.41, 5.74) is 2.60. The second-order valence-corrected chi connectivity index (χ2v) is 10.5. The quantitative estimate of drug-likeness (QED) is 0.136. The molecule has 0 aliphatic carbocycles. The lowest BCUT2D eigenvalue weighted by atomic mass is 9.87. The highest BCUT2D eigenvalue weighted by Crippen LogP contribution is 2.33. The Bertz CT molecular complexity index is 1120. The molecule has 0 heterocycles. The van der Waals surface area contributed by atoms with E-state index in [2.05, 4.69) is 52.1 Å². The van der Waals surface area contributed by atoms with Gasteiger partial charge in [0.25, 0.3) is 10.0 Å². The van der Waals surface area contributed by atoms with Crippen LogP contribution in [0.2, 0.25) is 0 Å². The lowest BCUT2D eigenvalue weighted by Gasteiger charge is -2.18. The number of sulfonamides is 1. The normalized spacial score (nSPS) is 13.0. The van der Waals surface area contributed by atoms with Gasteiger partial charge in [0.05, 0.1) is 34.6 Å². The number of hydrogen-bond acceptors (Lipinski definition) is 9. The van der Waals surface area contributed by atoms with Crippen molar-refractivity contribution in [2.24, 2.45) is 9.39 Å². The van der Waals surface area contributed by atoms with Crippen LogP contribution in [0.15, 0.2) is 67.7 Å². The molecule has 0 radical (unpaired) electrons. The molecular weight excluding hydrogens is 478 g/mol. The molecule has 0 amide bonds. The number of benzene rings is 2. The molecule has 0 spiro atoms. The molecule has 2 aromatic rings. The van der Waals surface area contributed by atoms with Gasteiger partial charge in [-0.05, 0) is 40.8 Å². The summed E-state index contributed by atoms with van der Waals surface area (Å²) in [7, 11) is 0.642. The van der Waals surface area contributed by atoms with Crippen molar-refractivity contribution in [3.8, 4) is 0 Å². The van der Waals surface area contributed by atoms with Crippen molar-refractivity contribution < 1.29 is 27.5 Å². The highest BCUT2D eigenvalue weighted by molar-refractivity contribution is 7.94. The molecule has 0 N–H and O–H groups in total. The van der Waals surface area contributed by atoms with Crippen molar-refractivity contribution in [3.63, 3.8) is 0 Å². The highest BCUT2D eigenvalue weighted by atomic mass is 32.2. The Hall–Kier alpha value is -2.54. The first kappa shape index (κ1) is 27.7. The van der Waals surface area contributed by atoms with Crippen molar-refractivity contribution in [2.75, 3.05) is 21.2 Å². The van der Waals surface area contributed by atoms with E-state index in [1.807, 2.05) is 12.1 Å². The summed E-state index contributed by atoms with van der Waals surface area (Å²) < 4.78 is 34.2. The predicted octanol–water partition coefficient (Wildman–Crippen LogP) is 5.13. The van der Waals surface area contributed by atoms with E-state index in [-0.39, 0.29) is 10.3 Å². The monoisotopic (exact) mass is 507 g/mol. The summed E-state index contributed by atoms with van der Waals surface area (Å²) >= 11 is 0.788. The van der Waals surface area contributed by atoms with Gasteiger partial charge in [-0.25, -0.2) is 4.99 Å². The Morgan fingerprint density at radius 2 is 1.76 bits per heavy atom. The Morgan fingerprint density at radius 1 is 1.06 bits per heavy atom. The number of nitrogens with zero attached hydrogens (tertiary/aromatic N) is 3. The molecule has 34 heavy (non-hydrogen) atoms. The molecule has 9 nitrogen and oxygen atoms in total. The molecule has 184 valence electrons. The molecular formula is C23H29N3O6S2. The molecule has 2 aromatic carbocycles. The zero-order valence-corrected chi connectivity index (χ0v) is 21.6. The fourth-order valence-corrected chi connectivity index (χ4v) is 4.03. The first-order valence-electron chi connectivity index (χ1n) is 10.1. The van der Waals surface area contributed by atoms with Crippen LogP contribution in [0, 0.1) is 0 Å². The second-order valence-electron chi connectivity index (χ2n) is 8.13. The van der Waals surface area contributed by atoms with Crippen LogP contribution in [0.3, 0.4) is 0 Å². The minimum absolute atomic E-state index is 0.0331. The molecule has 0 aliphatic heterocycles. The fourth-order valence-electron chi connectivity index (χ4n) is 2.49. The molecule has 0 aromatic heterocycles. The van der Waals surface area contributed by atoms with Gasteiger partial charge in [-0.3, -0.25) is 0 Å². The summed E-state index contributed by atoms with van der Waals surface area (Å²) in [6, 6.07) is 12.3. The number of hydroxylamine groups is 2. The number of allylic oxidation sites excluding steroid dienone is 1. The largest absolute Gasteiger partial charge is 0.325 e. The standard InChI is InChI=1S/C23H29N3O6S2/c1-23(2,3)19-11-9-18(10-12-19)8-7-15-25-34(27,28)20-13-14-21(24-17-30-29-6)22(16-20)33-32-31-26(4)5/h7-17H,1-6H3/b8-7?,24-17+,25-15?. The summed E-state index contributed by atoms with van der Waals surface area (Å²) in [6.07, 6.45) is 5.67. The van der Waals surface area contributed by atoms with Crippen molar-refractivity contribution in [1.82, 2.24) is 5.06 Å². The van der Waals surface area contributed by atoms with Gasteiger partial charge in [0.15, 0.2) is 0 Å². The highest BCUT2D eigenvalue weighted by Gasteiger charge is 2.16. The number of rotatable bonds is 11. The lowest BCUT2D eigenvalue weighted by Crippen LogP contribution is -2.10. The van der Waals surface area contributed by atoms with E-state index in [9.17, 15) is 8.42 Å². The third-order valence-electron chi connectivity index (χ3n) is 4.21. The zero-order valence-electron chi connectivity index (χ0n) is 20.0. The Morgan fingerprint density at radius 3 is 2.38 bits per heavy atom. The zero-order chi connectivity index (χ0) is 25.2. The molecule has 11 heteroatoms. The third kappa shape index (κ3) is 9.01. The maximum absolute atomic E-state index is 12.7. The maximum atomic E-state index is 12.7. The Kier molecular flexibility index (Phi) is 10.4. The van der Waals surface area contributed by atoms with Gasteiger partial charge in [-0.1, -0.05) is 51.1 Å². The smallest absolute Gasteiger partial charge is 0.282 e. The van der Waals surface area contributed by atoms with Crippen molar-refractivity contribution in [3.05, 3.63) is 59.7 Å². The third-order valence-corrected chi connectivity index (χ3v) is 6.10.